The summed E-state index contributed by atoms with van der Waals surface area (Å²) in [6.45, 7) is 6.35. The number of benzene rings is 1. The number of aryl methyl sites for hydroxylation is 1. The second-order valence-electron chi connectivity index (χ2n) is 3.64. The summed E-state index contributed by atoms with van der Waals surface area (Å²) in [5.74, 6) is 0.971. The molecule has 0 bridgehead atoms. The highest BCUT2D eigenvalue weighted by Gasteiger charge is 2.02. The smallest absolute Gasteiger partial charge is 0.123 e. The van der Waals surface area contributed by atoms with Crippen LogP contribution in [0.3, 0.4) is 0 Å². The predicted octanol–water partition coefficient (Wildman–Crippen LogP) is 3.70. The molecule has 0 spiro atoms. The normalized spacial score (nSPS) is 10.4. The Morgan fingerprint density at radius 2 is 2.06 bits per heavy atom. The van der Waals surface area contributed by atoms with Gasteiger partial charge in [-0.1, -0.05) is 33.6 Å². The summed E-state index contributed by atoms with van der Waals surface area (Å²) in [4.78, 5) is 0. The largest absolute Gasteiger partial charge is 0.493 e. The molecule has 0 aromatic heterocycles. The first kappa shape index (κ1) is 13.5. The highest BCUT2D eigenvalue weighted by atomic mass is 79.9. The summed E-state index contributed by atoms with van der Waals surface area (Å²) in [7, 11) is 0. The van der Waals surface area contributed by atoms with Crippen molar-refractivity contribution in [2.24, 2.45) is 0 Å². The van der Waals surface area contributed by atoms with E-state index < -0.39 is 0 Å². The molecular formula is C13H19BrO2. The van der Waals surface area contributed by atoms with Crippen LogP contribution in [0, 0.1) is 6.92 Å². The lowest BCUT2D eigenvalue weighted by atomic mass is 10.1. The Kier molecular flexibility index (Phi) is 6.50. The van der Waals surface area contributed by atoms with E-state index in [-0.39, 0.29) is 0 Å². The SMILES string of the molecule is CCOCCCOc1ccc(C)cc1CBr. The second-order valence-corrected chi connectivity index (χ2v) is 4.20. The number of alkyl halides is 1. The van der Waals surface area contributed by atoms with Crippen molar-refractivity contribution in [1.82, 2.24) is 0 Å². The number of halogens is 1. The lowest BCUT2D eigenvalue weighted by Crippen LogP contribution is -2.04. The van der Waals surface area contributed by atoms with Crippen LogP contribution in [0.1, 0.15) is 24.5 Å². The molecule has 1 rings (SSSR count). The molecule has 0 N–H and O–H groups in total. The number of ether oxygens (including phenoxy) is 2. The summed E-state index contributed by atoms with van der Waals surface area (Å²) < 4.78 is 11.0. The molecule has 0 saturated carbocycles. The van der Waals surface area contributed by atoms with Gasteiger partial charge in [-0.15, -0.1) is 0 Å². The van der Waals surface area contributed by atoms with Crippen LogP contribution >= 0.6 is 15.9 Å². The Bertz CT molecular complexity index is 313. The Morgan fingerprint density at radius 3 is 2.75 bits per heavy atom. The van der Waals surface area contributed by atoms with Crippen molar-refractivity contribution >= 4 is 15.9 Å². The molecule has 3 heteroatoms. The van der Waals surface area contributed by atoms with E-state index in [1.807, 2.05) is 13.0 Å². The zero-order chi connectivity index (χ0) is 11.8. The van der Waals surface area contributed by atoms with Crippen LogP contribution < -0.4 is 4.74 Å². The van der Waals surface area contributed by atoms with Gasteiger partial charge < -0.3 is 9.47 Å². The Labute approximate surface area is 106 Å². The van der Waals surface area contributed by atoms with Gasteiger partial charge in [-0.3, -0.25) is 0 Å². The fourth-order valence-corrected chi connectivity index (χ4v) is 1.88. The third-order valence-electron chi connectivity index (χ3n) is 2.25. The third-order valence-corrected chi connectivity index (χ3v) is 2.86. The van der Waals surface area contributed by atoms with E-state index in [1.54, 1.807) is 0 Å². The summed E-state index contributed by atoms with van der Waals surface area (Å²) in [6.07, 6.45) is 0.934. The van der Waals surface area contributed by atoms with Gasteiger partial charge >= 0.3 is 0 Å². The topological polar surface area (TPSA) is 18.5 Å². The molecule has 0 radical (unpaired) electrons. The van der Waals surface area contributed by atoms with Gasteiger partial charge in [-0.2, -0.15) is 0 Å². The molecule has 16 heavy (non-hydrogen) atoms. The van der Waals surface area contributed by atoms with Gasteiger partial charge in [0.1, 0.15) is 5.75 Å². The first-order valence-corrected chi connectivity index (χ1v) is 6.76. The van der Waals surface area contributed by atoms with E-state index in [9.17, 15) is 0 Å². The molecule has 1 aromatic carbocycles. The van der Waals surface area contributed by atoms with Crippen LogP contribution in [-0.4, -0.2) is 19.8 Å². The maximum atomic E-state index is 5.72. The van der Waals surface area contributed by atoms with E-state index in [1.165, 1.54) is 11.1 Å². The van der Waals surface area contributed by atoms with Crippen LogP contribution in [0.4, 0.5) is 0 Å². The van der Waals surface area contributed by atoms with Gasteiger partial charge in [0.15, 0.2) is 0 Å². The van der Waals surface area contributed by atoms with E-state index >= 15 is 0 Å². The minimum atomic E-state index is 0.711. The molecule has 0 aliphatic rings. The highest BCUT2D eigenvalue weighted by molar-refractivity contribution is 9.08. The molecule has 0 heterocycles. The lowest BCUT2D eigenvalue weighted by Gasteiger charge is -2.10. The minimum absolute atomic E-state index is 0.711. The van der Waals surface area contributed by atoms with Crippen LogP contribution in [-0.2, 0) is 10.1 Å². The molecular weight excluding hydrogens is 268 g/mol. The second kappa shape index (κ2) is 7.69. The average Bonchev–Trinajstić information content (AvgIpc) is 2.30. The monoisotopic (exact) mass is 286 g/mol. The highest BCUT2D eigenvalue weighted by Crippen LogP contribution is 2.22. The molecule has 0 aliphatic heterocycles. The maximum absolute atomic E-state index is 5.72. The molecule has 0 saturated heterocycles. The van der Waals surface area contributed by atoms with Gasteiger partial charge in [-0.05, 0) is 19.9 Å². The first-order chi connectivity index (χ1) is 7.77. The van der Waals surface area contributed by atoms with Gasteiger partial charge in [0, 0.05) is 30.5 Å². The van der Waals surface area contributed by atoms with Gasteiger partial charge in [-0.25, -0.2) is 0 Å². The molecule has 0 atom stereocenters. The van der Waals surface area contributed by atoms with Crippen molar-refractivity contribution < 1.29 is 9.47 Å². The Morgan fingerprint density at radius 1 is 1.25 bits per heavy atom. The summed E-state index contributed by atoms with van der Waals surface area (Å²) in [5, 5.41) is 0.829. The molecule has 2 nitrogen and oxygen atoms in total. The van der Waals surface area contributed by atoms with Crippen LogP contribution in [0.25, 0.3) is 0 Å². The van der Waals surface area contributed by atoms with Gasteiger partial charge in [0.25, 0.3) is 0 Å². The van der Waals surface area contributed by atoms with Crippen molar-refractivity contribution in [2.45, 2.75) is 25.6 Å². The summed E-state index contributed by atoms with van der Waals surface area (Å²) in [5.41, 5.74) is 2.47. The number of rotatable bonds is 7. The van der Waals surface area contributed by atoms with Crippen molar-refractivity contribution in [3.8, 4) is 5.75 Å². The summed E-state index contributed by atoms with van der Waals surface area (Å²) in [6, 6.07) is 6.25. The molecule has 0 unspecified atom stereocenters. The number of hydrogen-bond acceptors (Lipinski definition) is 2. The van der Waals surface area contributed by atoms with Gasteiger partial charge in [0.2, 0.25) is 0 Å². The quantitative estimate of drug-likeness (QED) is 0.562. The van der Waals surface area contributed by atoms with E-state index in [4.69, 9.17) is 9.47 Å². The lowest BCUT2D eigenvalue weighted by molar-refractivity contribution is 0.130. The van der Waals surface area contributed by atoms with Crippen LogP contribution in [0.2, 0.25) is 0 Å². The van der Waals surface area contributed by atoms with Gasteiger partial charge in [0.05, 0.1) is 6.61 Å². The zero-order valence-electron chi connectivity index (χ0n) is 9.96. The van der Waals surface area contributed by atoms with E-state index in [0.29, 0.717) is 6.61 Å². The van der Waals surface area contributed by atoms with E-state index in [0.717, 1.165) is 30.7 Å². The molecule has 0 fully saturated rings. The third kappa shape index (κ3) is 4.54. The summed E-state index contributed by atoms with van der Waals surface area (Å²) >= 11 is 3.47. The fourth-order valence-electron chi connectivity index (χ4n) is 1.44. The molecule has 90 valence electrons. The number of hydrogen-bond donors (Lipinski definition) is 0. The van der Waals surface area contributed by atoms with Crippen molar-refractivity contribution in [1.29, 1.82) is 0 Å². The maximum Gasteiger partial charge on any atom is 0.123 e. The van der Waals surface area contributed by atoms with Crippen LogP contribution in [0.5, 0.6) is 5.75 Å². The molecule has 0 amide bonds. The first-order valence-electron chi connectivity index (χ1n) is 5.64. The average molecular weight is 287 g/mol. The predicted molar refractivity (Wildman–Crippen MR) is 70.4 cm³/mol. The Hall–Kier alpha value is -0.540. The van der Waals surface area contributed by atoms with Crippen molar-refractivity contribution in [3.63, 3.8) is 0 Å². The molecule has 0 aliphatic carbocycles. The van der Waals surface area contributed by atoms with E-state index in [2.05, 4.69) is 35.0 Å². The minimum Gasteiger partial charge on any atom is -0.493 e. The Balaban J connectivity index is 2.41. The zero-order valence-corrected chi connectivity index (χ0v) is 11.5. The van der Waals surface area contributed by atoms with Crippen LogP contribution in [0.15, 0.2) is 18.2 Å². The molecule has 1 aromatic rings. The standard InChI is InChI=1S/C13H19BrO2/c1-3-15-7-4-8-16-13-6-5-11(2)9-12(13)10-14/h5-6,9H,3-4,7-8,10H2,1-2H3. The van der Waals surface area contributed by atoms with Crippen molar-refractivity contribution in [3.05, 3.63) is 29.3 Å². The fraction of sp³-hybridized carbons (Fsp3) is 0.538. The van der Waals surface area contributed by atoms with Crippen molar-refractivity contribution in [2.75, 3.05) is 19.8 Å².